The number of nitrogens with one attached hydrogen (secondary N) is 1. The Morgan fingerprint density at radius 1 is 1.00 bits per heavy atom. The minimum atomic E-state index is -4.34. The first-order chi connectivity index (χ1) is 22.7. The minimum absolute atomic E-state index is 0.00108. The van der Waals surface area contributed by atoms with Gasteiger partial charge in [0.2, 0.25) is 0 Å². The molecule has 0 aromatic heterocycles. The Labute approximate surface area is 285 Å². The normalized spacial score (nSPS) is 24.2. The van der Waals surface area contributed by atoms with Crippen LogP contribution in [0.2, 0.25) is 0 Å². The monoisotopic (exact) mass is 686 g/mol. The summed E-state index contributed by atoms with van der Waals surface area (Å²) in [5.41, 5.74) is 0.796. The summed E-state index contributed by atoms with van der Waals surface area (Å²) in [7, 11) is 1.95. The SMILES string of the molecule is CN1C(C(=O)N2CCCC(CNC(=O)OC(C)(C)C)C2)C#CSC1C1CCN(C(=O)c2ccccc2C2=CC=C(C(F)(F)F)CC2)CC1. The van der Waals surface area contributed by atoms with Crippen LogP contribution in [0, 0.1) is 23.0 Å². The van der Waals surface area contributed by atoms with Crippen molar-refractivity contribution in [1.29, 1.82) is 0 Å². The fraction of sp³-hybridized carbons (Fsp3) is 0.583. The van der Waals surface area contributed by atoms with Crippen LogP contribution in [0.25, 0.3) is 5.57 Å². The highest BCUT2D eigenvalue weighted by atomic mass is 32.2. The maximum absolute atomic E-state index is 13.7. The third-order valence-corrected chi connectivity index (χ3v) is 10.6. The van der Waals surface area contributed by atoms with Crippen molar-refractivity contribution in [3.63, 3.8) is 0 Å². The molecule has 0 spiro atoms. The Kier molecular flexibility index (Phi) is 11.2. The summed E-state index contributed by atoms with van der Waals surface area (Å²) in [5, 5.41) is 6.01. The van der Waals surface area contributed by atoms with E-state index in [0.29, 0.717) is 43.9 Å². The molecule has 4 aliphatic rings. The molecule has 0 bridgehead atoms. The van der Waals surface area contributed by atoms with Gasteiger partial charge in [-0.05, 0) is 101 Å². The highest BCUT2D eigenvalue weighted by Crippen LogP contribution is 2.38. The first-order valence-electron chi connectivity index (χ1n) is 16.7. The number of amides is 3. The van der Waals surface area contributed by atoms with Gasteiger partial charge in [-0.1, -0.05) is 48.0 Å². The van der Waals surface area contributed by atoms with Crippen LogP contribution in [0.1, 0.15) is 75.2 Å². The first kappa shape index (κ1) is 35.9. The molecule has 12 heteroatoms. The molecule has 5 rings (SSSR count). The van der Waals surface area contributed by atoms with Gasteiger partial charge in [-0.25, -0.2) is 4.79 Å². The number of benzene rings is 1. The summed E-state index contributed by atoms with van der Waals surface area (Å²) in [4.78, 5) is 45.4. The number of rotatable bonds is 6. The molecule has 3 atom stereocenters. The molecular formula is C36H45F3N4O4S. The third kappa shape index (κ3) is 8.77. The fourth-order valence-corrected chi connectivity index (χ4v) is 7.95. The molecule has 2 saturated heterocycles. The highest BCUT2D eigenvalue weighted by Gasteiger charge is 2.40. The molecule has 0 radical (unpaired) electrons. The molecule has 1 aromatic carbocycles. The molecule has 1 aromatic rings. The van der Waals surface area contributed by atoms with Gasteiger partial charge in [0.05, 0.1) is 5.37 Å². The Bertz CT molecular complexity index is 1500. The molecular weight excluding hydrogens is 641 g/mol. The molecule has 2 fully saturated rings. The van der Waals surface area contributed by atoms with E-state index in [1.807, 2.05) is 49.8 Å². The van der Waals surface area contributed by atoms with Crippen molar-refractivity contribution < 1.29 is 32.3 Å². The van der Waals surface area contributed by atoms with Gasteiger partial charge in [0.1, 0.15) is 5.60 Å². The van der Waals surface area contributed by atoms with Crippen molar-refractivity contribution in [2.24, 2.45) is 11.8 Å². The average molecular weight is 687 g/mol. The van der Waals surface area contributed by atoms with E-state index >= 15 is 0 Å². The lowest BCUT2D eigenvalue weighted by atomic mass is 9.89. The quantitative estimate of drug-likeness (QED) is 0.354. The zero-order chi connectivity index (χ0) is 34.6. The number of hydrogen-bond acceptors (Lipinski definition) is 6. The number of allylic oxidation sites excluding steroid dienone is 4. The number of halogens is 3. The predicted octanol–water partition coefficient (Wildman–Crippen LogP) is 6.30. The highest BCUT2D eigenvalue weighted by molar-refractivity contribution is 8.04. The van der Waals surface area contributed by atoms with Gasteiger partial charge < -0.3 is 19.9 Å². The zero-order valence-electron chi connectivity index (χ0n) is 28.1. The van der Waals surface area contributed by atoms with Crippen molar-refractivity contribution in [1.82, 2.24) is 20.0 Å². The van der Waals surface area contributed by atoms with Crippen LogP contribution in [0.15, 0.2) is 42.0 Å². The average Bonchev–Trinajstić information content (AvgIpc) is 3.06. The molecule has 1 N–H and O–H groups in total. The maximum Gasteiger partial charge on any atom is 0.412 e. The van der Waals surface area contributed by atoms with Gasteiger partial charge in [0, 0.05) is 43.9 Å². The van der Waals surface area contributed by atoms with Gasteiger partial charge >= 0.3 is 12.3 Å². The van der Waals surface area contributed by atoms with Crippen LogP contribution < -0.4 is 5.32 Å². The second-order valence-electron chi connectivity index (χ2n) is 14.1. The van der Waals surface area contributed by atoms with E-state index in [2.05, 4.69) is 21.4 Å². The lowest BCUT2D eigenvalue weighted by Crippen LogP contribution is -2.55. The van der Waals surface area contributed by atoms with Gasteiger partial charge in [-0.15, -0.1) is 0 Å². The Morgan fingerprint density at radius 3 is 2.40 bits per heavy atom. The Hall–Kier alpha value is -3.43. The second kappa shape index (κ2) is 15.0. The molecule has 48 heavy (non-hydrogen) atoms. The summed E-state index contributed by atoms with van der Waals surface area (Å²) in [6, 6.07) is 6.60. The maximum atomic E-state index is 13.7. The van der Waals surface area contributed by atoms with Gasteiger partial charge in [-0.3, -0.25) is 14.5 Å². The van der Waals surface area contributed by atoms with E-state index in [0.717, 1.165) is 37.3 Å². The smallest absolute Gasteiger partial charge is 0.412 e. The molecule has 8 nitrogen and oxygen atoms in total. The zero-order valence-corrected chi connectivity index (χ0v) is 28.9. The molecule has 3 amide bonds. The minimum Gasteiger partial charge on any atom is -0.444 e. The van der Waals surface area contributed by atoms with E-state index in [9.17, 15) is 27.6 Å². The number of carbonyl (C=O) groups excluding carboxylic acids is 3. The predicted molar refractivity (Wildman–Crippen MR) is 181 cm³/mol. The molecule has 3 unspecified atom stereocenters. The Morgan fingerprint density at radius 2 is 1.73 bits per heavy atom. The summed E-state index contributed by atoms with van der Waals surface area (Å²) >= 11 is 1.53. The topological polar surface area (TPSA) is 82.2 Å². The van der Waals surface area contributed by atoms with Crippen molar-refractivity contribution in [3.8, 4) is 11.2 Å². The van der Waals surface area contributed by atoms with E-state index in [1.165, 1.54) is 17.8 Å². The molecule has 1 aliphatic carbocycles. The third-order valence-electron chi connectivity index (χ3n) is 9.43. The summed E-state index contributed by atoms with van der Waals surface area (Å²) in [6.07, 6.45) is 1.21. The van der Waals surface area contributed by atoms with Gasteiger partial charge in [0.15, 0.2) is 6.04 Å². The lowest BCUT2D eigenvalue weighted by molar-refractivity contribution is -0.136. The van der Waals surface area contributed by atoms with Crippen molar-refractivity contribution >= 4 is 35.2 Å². The number of ether oxygens (including phenoxy) is 1. The van der Waals surface area contributed by atoms with Gasteiger partial charge in [-0.2, -0.15) is 13.2 Å². The van der Waals surface area contributed by atoms with Crippen LogP contribution in [-0.2, 0) is 9.53 Å². The molecule has 3 aliphatic heterocycles. The van der Waals surface area contributed by atoms with E-state index in [-0.39, 0.29) is 41.9 Å². The standard InChI is InChI=1S/C36H45F3N4O4S/c1-35(2,3)47-34(46)40-22-24-8-7-18-43(23-24)32(45)30-17-21-48-33(41(30)4)26-15-19-42(20-16-26)31(44)29-10-6-5-9-28(29)25-11-13-27(14-12-25)36(37,38)39/h5-6,9-11,13,24,26,30,33H,7-8,12,14-16,18-20,22-23H2,1-4H3,(H,40,46). The number of nitrogens with zero attached hydrogens (tertiary/aromatic N) is 3. The Balaban J connectivity index is 1.16. The van der Waals surface area contributed by atoms with Crippen molar-refractivity contribution in [3.05, 3.63) is 53.1 Å². The number of carbonyl (C=O) groups is 3. The largest absolute Gasteiger partial charge is 0.444 e. The van der Waals surface area contributed by atoms with E-state index in [4.69, 9.17) is 4.74 Å². The second-order valence-corrected chi connectivity index (χ2v) is 15.0. The van der Waals surface area contributed by atoms with Crippen molar-refractivity contribution in [2.45, 2.75) is 82.5 Å². The number of alkyl carbamates (subject to hydrolysis) is 1. The lowest BCUT2D eigenvalue weighted by Gasteiger charge is -2.43. The number of thioether (sulfide) groups is 1. The number of hydrogen-bond donors (Lipinski definition) is 1. The van der Waals surface area contributed by atoms with Crippen LogP contribution in [0.3, 0.4) is 0 Å². The van der Waals surface area contributed by atoms with Crippen LogP contribution in [0.5, 0.6) is 0 Å². The number of alkyl halides is 3. The molecule has 260 valence electrons. The molecule has 0 saturated carbocycles. The fourth-order valence-electron chi connectivity index (χ4n) is 6.90. The van der Waals surface area contributed by atoms with E-state index < -0.39 is 29.5 Å². The van der Waals surface area contributed by atoms with Crippen LogP contribution >= 0.6 is 11.8 Å². The first-order valence-corrected chi connectivity index (χ1v) is 17.6. The van der Waals surface area contributed by atoms with Crippen LogP contribution in [-0.4, -0.2) is 95.6 Å². The van der Waals surface area contributed by atoms with Crippen molar-refractivity contribution in [2.75, 3.05) is 39.8 Å². The van der Waals surface area contributed by atoms with E-state index in [1.54, 1.807) is 12.1 Å². The summed E-state index contributed by atoms with van der Waals surface area (Å²) in [5.74, 6) is 3.37. The van der Waals surface area contributed by atoms with Gasteiger partial charge in [0.25, 0.3) is 11.8 Å². The summed E-state index contributed by atoms with van der Waals surface area (Å²) < 4.78 is 44.8. The number of likely N-dealkylation sites (N-methyl/N-ethyl adjacent to an activating group) is 1. The van der Waals surface area contributed by atoms with Crippen LogP contribution in [0.4, 0.5) is 18.0 Å². The number of likely N-dealkylation sites (tertiary alicyclic amines) is 2. The number of piperidine rings is 2. The summed E-state index contributed by atoms with van der Waals surface area (Å²) in [6.45, 7) is 8.21. The molecule has 3 heterocycles.